The van der Waals surface area contributed by atoms with E-state index in [9.17, 15) is 14.9 Å². The maximum absolute atomic E-state index is 12.6. The van der Waals surface area contributed by atoms with Gasteiger partial charge in [0.05, 0.1) is 23.6 Å². The quantitative estimate of drug-likeness (QED) is 0.195. The lowest BCUT2D eigenvalue weighted by molar-refractivity contribution is -0.384. The number of nitro groups is 1. The number of carbonyl (C=O) groups is 1. The van der Waals surface area contributed by atoms with Crippen molar-refractivity contribution in [3.8, 4) is 0 Å². The first kappa shape index (κ1) is 23.7. The highest BCUT2D eigenvalue weighted by Gasteiger charge is 2.72. The average molecular weight is 461 g/mol. The summed E-state index contributed by atoms with van der Waals surface area (Å²) in [5.74, 6) is -0.436. The normalized spacial score (nSPS) is 34.4. The van der Waals surface area contributed by atoms with Crippen molar-refractivity contribution in [1.82, 2.24) is 0 Å². The van der Waals surface area contributed by atoms with Crippen molar-refractivity contribution in [1.29, 1.82) is 0 Å². The van der Waals surface area contributed by atoms with Crippen LogP contribution < -0.4 is 5.32 Å². The number of allylic oxidation sites excluding steroid dienone is 1. The largest absolute Gasteiger partial charge is 0.458 e. The molecule has 33 heavy (non-hydrogen) atoms. The highest BCUT2D eigenvalue weighted by molar-refractivity contribution is 5.75. The molecule has 0 radical (unpaired) electrons. The van der Waals surface area contributed by atoms with E-state index in [0.29, 0.717) is 18.7 Å². The number of benzene rings is 1. The lowest BCUT2D eigenvalue weighted by Crippen LogP contribution is -2.55. The van der Waals surface area contributed by atoms with Gasteiger partial charge in [0.2, 0.25) is 0 Å². The number of ether oxygens (including phenoxy) is 4. The molecule has 9 nitrogen and oxygen atoms in total. The van der Waals surface area contributed by atoms with Gasteiger partial charge in [-0.3, -0.25) is 14.9 Å². The molecule has 1 unspecified atom stereocenters. The zero-order chi connectivity index (χ0) is 23.8. The second-order valence-electron chi connectivity index (χ2n) is 9.56. The zero-order valence-electron chi connectivity index (χ0n) is 19.5. The maximum Gasteiger partial charge on any atom is 0.325 e. The number of carbonyl (C=O) groups excluding carboxylic acids is 1. The number of epoxide rings is 2. The number of methoxy groups -OCH3 is 1. The SMILES string of the molecule is CO[C@H]1C([C@@]2(C)O[C@@H]2CC=C(C)C)[C@]2(CC[C@H]1OC(=O)CNc1ccc([N+](=O)[O-])cc1)CO2. The van der Waals surface area contributed by atoms with Crippen molar-refractivity contribution in [3.63, 3.8) is 0 Å². The molecule has 1 N–H and O–H groups in total. The smallest absolute Gasteiger partial charge is 0.325 e. The molecule has 2 saturated heterocycles. The molecule has 6 atom stereocenters. The van der Waals surface area contributed by atoms with Gasteiger partial charge in [-0.05, 0) is 52.2 Å². The summed E-state index contributed by atoms with van der Waals surface area (Å²) in [4.78, 5) is 22.9. The van der Waals surface area contributed by atoms with Gasteiger partial charge in [-0.2, -0.15) is 0 Å². The fourth-order valence-corrected chi connectivity index (χ4v) is 5.16. The topological polar surface area (TPSA) is 116 Å². The lowest BCUT2D eigenvalue weighted by atomic mass is 9.68. The van der Waals surface area contributed by atoms with Gasteiger partial charge in [0.15, 0.2) is 0 Å². The number of non-ortho nitro benzene ring substituents is 1. The van der Waals surface area contributed by atoms with E-state index in [1.807, 2.05) is 0 Å². The number of hydrogen-bond acceptors (Lipinski definition) is 8. The summed E-state index contributed by atoms with van der Waals surface area (Å²) in [5, 5.41) is 13.7. The van der Waals surface area contributed by atoms with Gasteiger partial charge in [-0.15, -0.1) is 0 Å². The van der Waals surface area contributed by atoms with Crippen LogP contribution in [0, 0.1) is 16.0 Å². The highest BCUT2D eigenvalue weighted by Crippen LogP contribution is 2.59. The molecule has 1 aromatic carbocycles. The van der Waals surface area contributed by atoms with Crippen molar-refractivity contribution in [2.75, 3.05) is 25.6 Å². The van der Waals surface area contributed by atoms with Crippen molar-refractivity contribution in [2.45, 2.75) is 69.5 Å². The summed E-state index contributed by atoms with van der Waals surface area (Å²) in [5.41, 5.74) is 1.20. The number of hydrogen-bond donors (Lipinski definition) is 1. The molecule has 0 bridgehead atoms. The summed E-state index contributed by atoms with van der Waals surface area (Å²) in [7, 11) is 1.64. The van der Waals surface area contributed by atoms with Crippen LogP contribution in [0.5, 0.6) is 0 Å². The van der Waals surface area contributed by atoms with Crippen LogP contribution in [0.15, 0.2) is 35.9 Å². The van der Waals surface area contributed by atoms with E-state index in [2.05, 4.69) is 32.2 Å². The van der Waals surface area contributed by atoms with Crippen molar-refractivity contribution < 1.29 is 28.7 Å². The van der Waals surface area contributed by atoms with Crippen LogP contribution in [0.3, 0.4) is 0 Å². The molecule has 2 aliphatic heterocycles. The van der Waals surface area contributed by atoms with E-state index < -0.39 is 17.0 Å². The Kier molecular flexibility index (Phi) is 6.48. The standard InChI is InChI=1S/C24H32N2O7/c1-15(2)5-10-19-23(3,33-19)22-21(30-4)18(11-12-24(22)14-31-24)32-20(27)13-25-16-6-8-17(9-7-16)26(28)29/h5-9,18-19,21-22,25H,10-14H2,1-4H3/t18-,19-,21-,22?,23+,24+/m1/s1. The molecule has 3 aliphatic rings. The van der Waals surface area contributed by atoms with Crippen LogP contribution in [0.1, 0.15) is 40.0 Å². The highest BCUT2D eigenvalue weighted by atomic mass is 16.6. The van der Waals surface area contributed by atoms with Crippen LogP contribution in [-0.4, -0.2) is 60.7 Å². The van der Waals surface area contributed by atoms with Crippen LogP contribution in [-0.2, 0) is 23.7 Å². The van der Waals surface area contributed by atoms with Crippen LogP contribution in [0.4, 0.5) is 11.4 Å². The van der Waals surface area contributed by atoms with Gasteiger partial charge in [-0.25, -0.2) is 0 Å². The van der Waals surface area contributed by atoms with Gasteiger partial charge in [-0.1, -0.05) is 11.6 Å². The summed E-state index contributed by atoms with van der Waals surface area (Å²) in [6, 6.07) is 5.90. The minimum absolute atomic E-state index is 0.00536. The van der Waals surface area contributed by atoms with Gasteiger partial charge < -0.3 is 24.3 Å². The second kappa shape index (κ2) is 9.04. The summed E-state index contributed by atoms with van der Waals surface area (Å²) in [6.45, 7) is 6.88. The monoisotopic (exact) mass is 460 g/mol. The first-order valence-electron chi connectivity index (χ1n) is 11.3. The number of rotatable bonds is 9. The van der Waals surface area contributed by atoms with Gasteiger partial charge in [0.1, 0.15) is 30.0 Å². The molecule has 0 amide bonds. The molecule has 4 rings (SSSR count). The summed E-state index contributed by atoms with van der Waals surface area (Å²) in [6.07, 6.45) is 3.84. The van der Waals surface area contributed by atoms with Gasteiger partial charge >= 0.3 is 5.97 Å². The number of nitrogens with zero attached hydrogens (tertiary/aromatic N) is 1. The molecule has 3 fully saturated rings. The van der Waals surface area contributed by atoms with Crippen LogP contribution in [0.2, 0.25) is 0 Å². The number of nitro benzene ring substituents is 1. The van der Waals surface area contributed by atoms with E-state index in [-0.39, 0.29) is 41.6 Å². The molecule has 0 aromatic heterocycles. The molecule has 1 aliphatic carbocycles. The van der Waals surface area contributed by atoms with E-state index in [1.165, 1.54) is 17.7 Å². The first-order chi connectivity index (χ1) is 15.7. The van der Waals surface area contributed by atoms with Crippen LogP contribution in [0.25, 0.3) is 0 Å². The van der Waals surface area contributed by atoms with Crippen molar-refractivity contribution >= 4 is 17.3 Å². The third kappa shape index (κ3) is 4.90. The summed E-state index contributed by atoms with van der Waals surface area (Å²) >= 11 is 0. The van der Waals surface area contributed by atoms with Crippen molar-refractivity contribution in [3.05, 3.63) is 46.0 Å². The van der Waals surface area contributed by atoms with E-state index in [0.717, 1.165) is 12.8 Å². The third-order valence-corrected chi connectivity index (χ3v) is 7.03. The summed E-state index contributed by atoms with van der Waals surface area (Å²) < 4.78 is 23.8. The third-order valence-electron chi connectivity index (χ3n) is 7.03. The Labute approximate surface area is 193 Å². The van der Waals surface area contributed by atoms with Crippen molar-refractivity contribution in [2.24, 2.45) is 5.92 Å². The minimum Gasteiger partial charge on any atom is -0.458 e. The zero-order valence-corrected chi connectivity index (χ0v) is 19.5. The van der Waals surface area contributed by atoms with E-state index in [4.69, 9.17) is 18.9 Å². The van der Waals surface area contributed by atoms with E-state index >= 15 is 0 Å². The molecular weight excluding hydrogens is 428 g/mol. The number of esters is 1. The minimum atomic E-state index is -0.465. The first-order valence-corrected chi connectivity index (χ1v) is 11.3. The predicted molar refractivity (Wildman–Crippen MR) is 121 cm³/mol. The average Bonchev–Trinajstić information content (AvgIpc) is 3.69. The van der Waals surface area contributed by atoms with Gasteiger partial charge in [0.25, 0.3) is 5.69 Å². The molecule has 9 heteroatoms. The maximum atomic E-state index is 12.6. The Hall–Kier alpha value is -2.49. The van der Waals surface area contributed by atoms with E-state index in [1.54, 1.807) is 19.2 Å². The van der Waals surface area contributed by atoms with Gasteiger partial charge in [0, 0.05) is 24.9 Å². The number of anilines is 1. The molecule has 180 valence electrons. The molecule has 1 saturated carbocycles. The molecule has 1 aromatic rings. The fraction of sp³-hybridized carbons (Fsp3) is 0.625. The fourth-order valence-electron chi connectivity index (χ4n) is 5.16. The lowest BCUT2D eigenvalue weighted by Gasteiger charge is -2.42. The Morgan fingerprint density at radius 1 is 1.33 bits per heavy atom. The Balaban J connectivity index is 1.38. The second-order valence-corrected chi connectivity index (χ2v) is 9.56. The Morgan fingerprint density at radius 3 is 2.61 bits per heavy atom. The molecule has 1 spiro atoms. The Bertz CT molecular complexity index is 923. The predicted octanol–water partition coefficient (Wildman–Crippen LogP) is 3.63. The Morgan fingerprint density at radius 2 is 2.03 bits per heavy atom. The molecule has 2 heterocycles. The number of nitrogens with one attached hydrogen (secondary N) is 1. The molecular formula is C24H32N2O7. The van der Waals surface area contributed by atoms with Crippen LogP contribution >= 0.6 is 0 Å².